The number of likely N-dealkylation sites (tertiary alicyclic amines) is 1. The van der Waals surface area contributed by atoms with Crippen molar-refractivity contribution in [3.63, 3.8) is 0 Å². The summed E-state index contributed by atoms with van der Waals surface area (Å²) in [7, 11) is 3.84. The van der Waals surface area contributed by atoms with E-state index in [9.17, 15) is 0 Å². The van der Waals surface area contributed by atoms with E-state index in [1.54, 1.807) is 7.11 Å². The van der Waals surface area contributed by atoms with Crippen molar-refractivity contribution in [2.75, 3.05) is 27.2 Å². The predicted molar refractivity (Wildman–Crippen MR) is 94.5 cm³/mol. The van der Waals surface area contributed by atoms with Gasteiger partial charge in [-0.05, 0) is 51.9 Å². The molecule has 1 aliphatic heterocycles. The van der Waals surface area contributed by atoms with Crippen LogP contribution in [0.4, 0.5) is 0 Å². The van der Waals surface area contributed by atoms with Crippen molar-refractivity contribution in [2.45, 2.75) is 26.3 Å². The summed E-state index contributed by atoms with van der Waals surface area (Å²) >= 11 is 0. The molecule has 2 N–H and O–H groups in total. The Bertz CT molecular complexity index is 851. The van der Waals surface area contributed by atoms with Crippen LogP contribution in [0.25, 0.3) is 21.9 Å². The highest BCUT2D eigenvalue weighted by Gasteiger charge is 2.35. The molecule has 128 valence electrons. The fourth-order valence-corrected chi connectivity index (χ4v) is 4.16. The van der Waals surface area contributed by atoms with E-state index in [0.717, 1.165) is 52.2 Å². The number of rotatable bonds is 3. The van der Waals surface area contributed by atoms with Crippen LogP contribution < -0.4 is 10.5 Å². The molecule has 0 bridgehead atoms. The van der Waals surface area contributed by atoms with Crippen molar-refractivity contribution in [3.8, 4) is 5.75 Å². The lowest BCUT2D eigenvalue weighted by molar-refractivity contribution is 0.314. The summed E-state index contributed by atoms with van der Waals surface area (Å²) in [5.74, 6) is 3.02. The summed E-state index contributed by atoms with van der Waals surface area (Å²) in [6.07, 6.45) is 1.04. The van der Waals surface area contributed by atoms with Crippen LogP contribution in [0, 0.1) is 19.8 Å². The van der Waals surface area contributed by atoms with E-state index in [0.29, 0.717) is 12.5 Å². The number of fused-ring (bicyclic) bond motifs is 2. The standard InChI is InChI=1S/C19H24N2O3/c1-10-5-13-16(15-7-12(8-20)9-21(15)3)17-14(6-11(2)23-17)18(22-4)19(13)24-10/h5-6,12,15H,7-9,20H2,1-4H3. The average Bonchev–Trinajstić information content (AvgIpc) is 3.21. The van der Waals surface area contributed by atoms with E-state index < -0.39 is 0 Å². The lowest BCUT2D eigenvalue weighted by Crippen LogP contribution is -2.20. The summed E-state index contributed by atoms with van der Waals surface area (Å²) in [6, 6.07) is 4.40. The van der Waals surface area contributed by atoms with Gasteiger partial charge in [-0.25, -0.2) is 0 Å². The highest BCUT2D eigenvalue weighted by molar-refractivity contribution is 6.05. The molecule has 3 heterocycles. The van der Waals surface area contributed by atoms with Crippen LogP contribution in [0.3, 0.4) is 0 Å². The first-order valence-electron chi connectivity index (χ1n) is 8.44. The summed E-state index contributed by atoms with van der Waals surface area (Å²) in [4.78, 5) is 2.37. The molecule has 5 nitrogen and oxygen atoms in total. The number of hydrogen-bond acceptors (Lipinski definition) is 5. The minimum atomic E-state index is 0.275. The third-order valence-corrected chi connectivity index (χ3v) is 5.20. The molecule has 4 rings (SSSR count). The molecule has 5 heteroatoms. The lowest BCUT2D eigenvalue weighted by atomic mass is 9.95. The van der Waals surface area contributed by atoms with Gasteiger partial charge in [-0.1, -0.05) is 0 Å². The van der Waals surface area contributed by atoms with Crippen LogP contribution in [-0.2, 0) is 0 Å². The van der Waals surface area contributed by atoms with E-state index in [1.807, 2.05) is 19.9 Å². The summed E-state index contributed by atoms with van der Waals surface area (Å²) < 4.78 is 17.8. The van der Waals surface area contributed by atoms with Gasteiger partial charge in [0, 0.05) is 23.5 Å². The van der Waals surface area contributed by atoms with E-state index in [4.69, 9.17) is 19.3 Å². The molecule has 3 aromatic rings. The maximum absolute atomic E-state index is 6.11. The molecule has 1 aromatic carbocycles. The van der Waals surface area contributed by atoms with E-state index in [2.05, 4.69) is 18.0 Å². The Hall–Kier alpha value is -1.98. The zero-order chi connectivity index (χ0) is 17.0. The third-order valence-electron chi connectivity index (χ3n) is 5.20. The molecule has 0 saturated carbocycles. The molecule has 0 radical (unpaired) electrons. The van der Waals surface area contributed by atoms with Gasteiger partial charge in [0.05, 0.1) is 12.5 Å². The molecule has 1 aliphatic rings. The van der Waals surface area contributed by atoms with Crippen LogP contribution in [-0.4, -0.2) is 32.1 Å². The Kier molecular flexibility index (Phi) is 3.58. The smallest absolute Gasteiger partial charge is 0.177 e. The van der Waals surface area contributed by atoms with Gasteiger partial charge >= 0.3 is 0 Å². The molecule has 2 unspecified atom stereocenters. The molecule has 1 fully saturated rings. The van der Waals surface area contributed by atoms with Crippen molar-refractivity contribution < 1.29 is 13.6 Å². The van der Waals surface area contributed by atoms with Gasteiger partial charge in [-0.3, -0.25) is 4.90 Å². The first-order chi connectivity index (χ1) is 11.5. The third kappa shape index (κ3) is 2.15. The number of hydrogen-bond donors (Lipinski definition) is 1. The molecule has 0 spiro atoms. The zero-order valence-corrected chi connectivity index (χ0v) is 14.7. The van der Waals surface area contributed by atoms with Gasteiger partial charge in [0.2, 0.25) is 0 Å². The number of nitrogens with zero attached hydrogens (tertiary/aromatic N) is 1. The fourth-order valence-electron chi connectivity index (χ4n) is 4.16. The topological polar surface area (TPSA) is 64.8 Å². The Morgan fingerprint density at radius 1 is 1.17 bits per heavy atom. The van der Waals surface area contributed by atoms with E-state index in [1.165, 1.54) is 5.56 Å². The van der Waals surface area contributed by atoms with Crippen molar-refractivity contribution in [2.24, 2.45) is 11.7 Å². The Labute approximate surface area is 141 Å². The first kappa shape index (κ1) is 15.5. The minimum Gasteiger partial charge on any atom is -0.492 e. The monoisotopic (exact) mass is 328 g/mol. The molecule has 24 heavy (non-hydrogen) atoms. The van der Waals surface area contributed by atoms with E-state index >= 15 is 0 Å². The van der Waals surface area contributed by atoms with Crippen molar-refractivity contribution in [1.29, 1.82) is 0 Å². The molecule has 0 amide bonds. The van der Waals surface area contributed by atoms with Gasteiger partial charge in [-0.15, -0.1) is 0 Å². The maximum Gasteiger partial charge on any atom is 0.177 e. The van der Waals surface area contributed by atoms with E-state index in [-0.39, 0.29) is 6.04 Å². The Morgan fingerprint density at radius 2 is 1.83 bits per heavy atom. The first-order valence-corrected chi connectivity index (χ1v) is 8.44. The quantitative estimate of drug-likeness (QED) is 0.793. The predicted octanol–water partition coefficient (Wildman–Crippen LogP) is 3.76. The molecular weight excluding hydrogens is 304 g/mol. The number of furan rings is 2. The zero-order valence-electron chi connectivity index (χ0n) is 14.7. The number of ether oxygens (including phenoxy) is 1. The fraction of sp³-hybridized carbons (Fsp3) is 0.474. The number of aryl methyl sites for hydroxylation is 2. The largest absolute Gasteiger partial charge is 0.492 e. The molecule has 1 saturated heterocycles. The number of nitrogens with two attached hydrogens (primary N) is 1. The lowest BCUT2D eigenvalue weighted by Gasteiger charge is -2.21. The molecule has 0 aliphatic carbocycles. The highest BCUT2D eigenvalue weighted by atomic mass is 16.5. The average molecular weight is 328 g/mol. The molecular formula is C19H24N2O3. The Morgan fingerprint density at radius 3 is 2.46 bits per heavy atom. The van der Waals surface area contributed by atoms with Crippen LogP contribution in [0.1, 0.15) is 29.5 Å². The van der Waals surface area contributed by atoms with Gasteiger partial charge in [0.25, 0.3) is 0 Å². The summed E-state index contributed by atoms with van der Waals surface area (Å²) in [5.41, 5.74) is 8.84. The van der Waals surface area contributed by atoms with Crippen molar-refractivity contribution in [3.05, 3.63) is 29.2 Å². The second-order valence-corrected chi connectivity index (χ2v) is 6.94. The van der Waals surface area contributed by atoms with Crippen LogP contribution in [0.2, 0.25) is 0 Å². The molecule has 2 aromatic heterocycles. The SMILES string of the molecule is COc1c2cc(C)oc2c(C2CC(CN)CN2C)c2cc(C)oc12. The number of methoxy groups -OCH3 is 1. The minimum absolute atomic E-state index is 0.275. The van der Waals surface area contributed by atoms with Crippen LogP contribution in [0.5, 0.6) is 5.75 Å². The van der Waals surface area contributed by atoms with Gasteiger partial charge in [-0.2, -0.15) is 0 Å². The maximum atomic E-state index is 6.11. The molecule has 2 atom stereocenters. The van der Waals surface area contributed by atoms with Crippen molar-refractivity contribution >= 4 is 21.9 Å². The normalized spacial score (nSPS) is 22.0. The van der Waals surface area contributed by atoms with Crippen molar-refractivity contribution in [1.82, 2.24) is 4.90 Å². The summed E-state index contributed by atoms with van der Waals surface area (Å²) in [5, 5.41) is 2.07. The second-order valence-electron chi connectivity index (χ2n) is 6.94. The Balaban J connectivity index is 2.05. The van der Waals surface area contributed by atoms with Crippen LogP contribution >= 0.6 is 0 Å². The van der Waals surface area contributed by atoms with Gasteiger partial charge < -0.3 is 19.3 Å². The van der Waals surface area contributed by atoms with Gasteiger partial charge in [0.1, 0.15) is 17.1 Å². The highest BCUT2D eigenvalue weighted by Crippen LogP contribution is 2.47. The number of benzene rings is 1. The summed E-state index contributed by atoms with van der Waals surface area (Å²) in [6.45, 7) is 5.66. The van der Waals surface area contributed by atoms with Crippen LogP contribution in [0.15, 0.2) is 21.0 Å². The van der Waals surface area contributed by atoms with Gasteiger partial charge in [0.15, 0.2) is 11.3 Å². The second kappa shape index (κ2) is 5.53.